The summed E-state index contributed by atoms with van der Waals surface area (Å²) in [5.74, 6) is 0.755. The Morgan fingerprint density at radius 2 is 2.04 bits per heavy atom. The lowest BCUT2D eigenvalue weighted by Crippen LogP contribution is -2.36. The van der Waals surface area contributed by atoms with E-state index < -0.39 is 0 Å². The van der Waals surface area contributed by atoms with Gasteiger partial charge in [0.2, 0.25) is 5.91 Å². The molecule has 130 valence electrons. The number of ether oxygens (including phenoxy) is 1. The topological polar surface area (TPSA) is 80.5 Å². The van der Waals surface area contributed by atoms with Gasteiger partial charge in [0.25, 0.3) is 5.89 Å². The largest absolute Gasteiger partial charge is 0.378 e. The van der Waals surface area contributed by atoms with Gasteiger partial charge < -0.3 is 19.5 Å². The summed E-state index contributed by atoms with van der Waals surface area (Å²) in [7, 11) is 4.01. The monoisotopic (exact) mass is 332 g/mol. The maximum Gasteiger partial charge on any atom is 0.252 e. The van der Waals surface area contributed by atoms with E-state index in [1.54, 1.807) is 6.92 Å². The van der Waals surface area contributed by atoms with Gasteiger partial charge in [-0.25, -0.2) is 0 Å². The van der Waals surface area contributed by atoms with Gasteiger partial charge in [0.1, 0.15) is 13.2 Å². The van der Waals surface area contributed by atoms with Crippen LogP contribution in [-0.2, 0) is 22.6 Å². The first-order valence-corrected chi connectivity index (χ1v) is 7.86. The number of nitrogens with one attached hydrogen (secondary N) is 1. The van der Waals surface area contributed by atoms with Crippen molar-refractivity contribution >= 4 is 11.6 Å². The molecular weight excluding hydrogens is 308 g/mol. The highest BCUT2D eigenvalue weighted by Gasteiger charge is 2.10. The summed E-state index contributed by atoms with van der Waals surface area (Å²) < 4.78 is 10.2. The Morgan fingerprint density at radius 3 is 2.62 bits per heavy atom. The van der Waals surface area contributed by atoms with Crippen molar-refractivity contribution in [3.8, 4) is 0 Å². The highest BCUT2D eigenvalue weighted by atomic mass is 16.5. The third-order valence-corrected chi connectivity index (χ3v) is 3.43. The number of hydrogen-bond donors (Lipinski definition) is 1. The molecule has 1 heterocycles. The molecule has 1 atom stereocenters. The van der Waals surface area contributed by atoms with Crippen molar-refractivity contribution in [1.29, 1.82) is 0 Å². The fraction of sp³-hybridized carbons (Fsp3) is 0.471. The van der Waals surface area contributed by atoms with E-state index in [0.29, 0.717) is 11.7 Å². The number of amides is 1. The van der Waals surface area contributed by atoms with Crippen LogP contribution in [0.1, 0.15) is 24.2 Å². The lowest BCUT2D eigenvalue weighted by atomic mass is 10.1. The minimum absolute atomic E-state index is 0.0250. The zero-order valence-electron chi connectivity index (χ0n) is 14.6. The Morgan fingerprint density at radius 1 is 1.33 bits per heavy atom. The van der Waals surface area contributed by atoms with E-state index >= 15 is 0 Å². The zero-order valence-corrected chi connectivity index (χ0v) is 14.6. The average Bonchev–Trinajstić information content (AvgIpc) is 2.93. The Labute approximate surface area is 142 Å². The quantitative estimate of drug-likeness (QED) is 0.792. The van der Waals surface area contributed by atoms with Crippen LogP contribution >= 0.6 is 0 Å². The van der Waals surface area contributed by atoms with Gasteiger partial charge in [-0.2, -0.15) is 4.98 Å². The molecule has 0 fully saturated rings. The first-order valence-electron chi connectivity index (χ1n) is 7.86. The van der Waals surface area contributed by atoms with Gasteiger partial charge >= 0.3 is 0 Å². The lowest BCUT2D eigenvalue weighted by Gasteiger charge is -2.16. The molecule has 0 aliphatic heterocycles. The van der Waals surface area contributed by atoms with Crippen LogP contribution in [0.4, 0.5) is 5.69 Å². The zero-order chi connectivity index (χ0) is 17.5. The van der Waals surface area contributed by atoms with E-state index in [9.17, 15) is 4.79 Å². The molecule has 7 heteroatoms. The number of benzene rings is 1. The van der Waals surface area contributed by atoms with E-state index in [0.717, 1.165) is 12.1 Å². The number of carbonyl (C=O) groups excluding carboxylic acids is 1. The molecule has 2 rings (SSSR count). The molecule has 0 saturated carbocycles. The molecule has 0 aliphatic rings. The summed E-state index contributed by atoms with van der Waals surface area (Å²) in [6.45, 7) is 3.80. The lowest BCUT2D eigenvalue weighted by molar-refractivity contribution is -0.126. The first kappa shape index (κ1) is 17.9. The van der Waals surface area contributed by atoms with Crippen LogP contribution in [0.25, 0.3) is 0 Å². The van der Waals surface area contributed by atoms with Crippen LogP contribution in [-0.4, -0.2) is 42.8 Å². The average molecular weight is 332 g/mol. The maximum atomic E-state index is 11.9. The molecule has 0 saturated heterocycles. The van der Waals surface area contributed by atoms with E-state index in [1.807, 2.05) is 21.0 Å². The number of aryl methyl sites for hydroxylation is 1. The van der Waals surface area contributed by atoms with Crippen molar-refractivity contribution in [2.75, 3.05) is 25.6 Å². The van der Waals surface area contributed by atoms with Crippen LogP contribution < -0.4 is 10.2 Å². The number of rotatable bonds is 8. The molecule has 0 bridgehead atoms. The maximum absolute atomic E-state index is 11.9. The van der Waals surface area contributed by atoms with Crippen molar-refractivity contribution in [1.82, 2.24) is 15.5 Å². The Kier molecular flexibility index (Phi) is 6.31. The molecule has 0 aliphatic carbocycles. The predicted molar refractivity (Wildman–Crippen MR) is 90.8 cm³/mol. The molecule has 0 radical (unpaired) electrons. The van der Waals surface area contributed by atoms with Gasteiger partial charge in [-0.3, -0.25) is 4.79 Å². The summed E-state index contributed by atoms with van der Waals surface area (Å²) in [6.07, 6.45) is 0.766. The van der Waals surface area contributed by atoms with E-state index in [1.165, 1.54) is 5.56 Å². The first-order chi connectivity index (χ1) is 11.4. The second kappa shape index (κ2) is 8.44. The fourth-order valence-corrected chi connectivity index (χ4v) is 2.28. The van der Waals surface area contributed by atoms with Crippen LogP contribution in [0.5, 0.6) is 0 Å². The van der Waals surface area contributed by atoms with Gasteiger partial charge in [0.05, 0.1) is 0 Å². The van der Waals surface area contributed by atoms with Crippen LogP contribution in [0.15, 0.2) is 28.8 Å². The Bertz CT molecular complexity index is 652. The van der Waals surface area contributed by atoms with E-state index in [-0.39, 0.29) is 25.2 Å². The molecule has 2 aromatic rings. The molecule has 1 N–H and O–H groups in total. The normalized spacial score (nSPS) is 12.0. The van der Waals surface area contributed by atoms with Gasteiger partial charge in [-0.1, -0.05) is 17.3 Å². The number of anilines is 1. The summed E-state index contributed by atoms with van der Waals surface area (Å²) in [4.78, 5) is 17.9. The SMILES string of the molecule is Cc1noc(COCC(=O)N[C@@H](C)Cc2ccc(N(C)C)cc2)n1. The summed E-state index contributed by atoms with van der Waals surface area (Å²) in [6, 6.07) is 8.31. The van der Waals surface area contributed by atoms with Gasteiger partial charge in [0, 0.05) is 25.8 Å². The van der Waals surface area contributed by atoms with Crippen LogP contribution in [0.3, 0.4) is 0 Å². The smallest absolute Gasteiger partial charge is 0.252 e. The summed E-state index contributed by atoms with van der Waals surface area (Å²) in [5, 5.41) is 6.57. The molecule has 7 nitrogen and oxygen atoms in total. The highest BCUT2D eigenvalue weighted by Crippen LogP contribution is 2.13. The number of aromatic nitrogens is 2. The number of hydrogen-bond acceptors (Lipinski definition) is 6. The predicted octanol–water partition coefficient (Wildman–Crippen LogP) is 1.71. The highest BCUT2D eigenvalue weighted by molar-refractivity contribution is 5.77. The van der Waals surface area contributed by atoms with Crippen molar-refractivity contribution < 1.29 is 14.1 Å². The second-order valence-electron chi connectivity index (χ2n) is 5.96. The molecule has 1 aromatic carbocycles. The van der Waals surface area contributed by atoms with Crippen LogP contribution in [0, 0.1) is 6.92 Å². The molecule has 1 aromatic heterocycles. The molecular formula is C17H24N4O3. The standard InChI is InChI=1S/C17H24N4O3/c1-12(9-14-5-7-15(8-6-14)21(3)4)18-16(22)10-23-11-17-19-13(2)20-24-17/h5-8,12H,9-11H2,1-4H3,(H,18,22)/t12-/m0/s1. The number of carbonyl (C=O) groups is 1. The number of nitrogens with zero attached hydrogens (tertiary/aromatic N) is 3. The summed E-state index contributed by atoms with van der Waals surface area (Å²) in [5.41, 5.74) is 2.33. The van der Waals surface area contributed by atoms with Crippen molar-refractivity contribution in [2.45, 2.75) is 32.9 Å². The van der Waals surface area contributed by atoms with Gasteiger partial charge in [-0.15, -0.1) is 0 Å². The minimum Gasteiger partial charge on any atom is -0.378 e. The molecule has 24 heavy (non-hydrogen) atoms. The fourth-order valence-electron chi connectivity index (χ4n) is 2.28. The molecule has 1 amide bonds. The van der Waals surface area contributed by atoms with Gasteiger partial charge in [0.15, 0.2) is 5.82 Å². The second-order valence-corrected chi connectivity index (χ2v) is 5.96. The molecule has 0 unspecified atom stereocenters. The third-order valence-electron chi connectivity index (χ3n) is 3.43. The van der Waals surface area contributed by atoms with E-state index in [4.69, 9.17) is 9.26 Å². The van der Waals surface area contributed by atoms with Gasteiger partial charge in [-0.05, 0) is 38.0 Å². The third kappa shape index (κ3) is 5.66. The minimum atomic E-state index is -0.163. The van der Waals surface area contributed by atoms with Crippen molar-refractivity contribution in [3.63, 3.8) is 0 Å². The summed E-state index contributed by atoms with van der Waals surface area (Å²) >= 11 is 0. The van der Waals surface area contributed by atoms with Crippen molar-refractivity contribution in [2.24, 2.45) is 0 Å². The van der Waals surface area contributed by atoms with Crippen molar-refractivity contribution in [3.05, 3.63) is 41.5 Å². The van der Waals surface area contributed by atoms with E-state index in [2.05, 4.69) is 44.6 Å². The van der Waals surface area contributed by atoms with Crippen LogP contribution in [0.2, 0.25) is 0 Å². The Balaban J connectivity index is 1.70. The Hall–Kier alpha value is -2.41. The molecule has 0 spiro atoms.